The van der Waals surface area contributed by atoms with E-state index in [-0.39, 0.29) is 81.0 Å². The summed E-state index contributed by atoms with van der Waals surface area (Å²) < 4.78 is 131. The lowest BCUT2D eigenvalue weighted by atomic mass is 9.70. The van der Waals surface area contributed by atoms with Gasteiger partial charge in [-0.05, 0) is 99.6 Å². The molecule has 1 unspecified atom stereocenters. The summed E-state index contributed by atoms with van der Waals surface area (Å²) in [6.07, 6.45) is 13.6. The third kappa shape index (κ3) is 13.0. The third-order valence-corrected chi connectivity index (χ3v) is 17.3. The van der Waals surface area contributed by atoms with Crippen molar-refractivity contribution in [3.63, 3.8) is 0 Å². The second-order valence-electron chi connectivity index (χ2n) is 18.9. The van der Waals surface area contributed by atoms with Crippen molar-refractivity contribution in [2.45, 2.75) is 93.8 Å². The molecule has 0 saturated carbocycles. The van der Waals surface area contributed by atoms with E-state index >= 15 is 0 Å². The largest absolute Gasteiger partial charge is 0.481 e. The molecule has 2 amide bonds. The number of anilines is 1. The standard InChI is InChI=1S/C48H61N5O15S4/c1-8-22-50-45(57)48(44(56)49-9-2)31-33(28-34(32-48)15-21-42-47(5,6)38-30-36(72(66,67)68)17-19-40(38)53(42)25-12-27-70(61,62)63)14-20-41-46(3,4)37-29-35(71(64,65)51(7)23-10-13-43(54)55)16-18-39(37)52(41)24-11-26-69(58,59)60/h1,14-21,28-30H,9-13,22-27,31-32H2,2-7H3,(H5-,49,50,54,55,56,57,58,59,60,61,62,63,66,67,68)/p+1. The van der Waals surface area contributed by atoms with E-state index in [9.17, 15) is 61.7 Å². The van der Waals surface area contributed by atoms with E-state index in [0.29, 0.717) is 45.1 Å². The van der Waals surface area contributed by atoms with Gasteiger partial charge < -0.3 is 20.6 Å². The molecule has 2 aliphatic heterocycles. The van der Waals surface area contributed by atoms with E-state index < -0.39 is 85.9 Å². The fourth-order valence-electron chi connectivity index (χ4n) is 9.42. The first-order chi connectivity index (χ1) is 33.3. The molecule has 20 nitrogen and oxygen atoms in total. The summed E-state index contributed by atoms with van der Waals surface area (Å²) in [4.78, 5) is 41.0. The van der Waals surface area contributed by atoms with Crippen molar-refractivity contribution in [1.82, 2.24) is 14.9 Å². The lowest BCUT2D eigenvalue weighted by Crippen LogP contribution is -2.52. The topological polar surface area (TPSA) is 302 Å². The van der Waals surface area contributed by atoms with Crippen molar-refractivity contribution in [2.75, 3.05) is 56.2 Å². The van der Waals surface area contributed by atoms with Crippen LogP contribution in [-0.4, -0.2) is 136 Å². The molecule has 0 aromatic heterocycles. The van der Waals surface area contributed by atoms with E-state index in [1.807, 2.05) is 13.8 Å². The molecule has 392 valence electrons. The molecule has 2 aromatic carbocycles. The predicted octanol–water partition coefficient (Wildman–Crippen LogP) is 4.11. The van der Waals surface area contributed by atoms with E-state index in [0.717, 1.165) is 4.31 Å². The smallest absolute Gasteiger partial charge is 0.303 e. The Balaban J connectivity index is 1.69. The SMILES string of the molecule is C#CCNC(=O)C1(C(=O)NCC)CC(=CC=C2N(CCCS(=O)(=O)O)c3ccc(S(=O)(=O)O)cc3C2(C)C)C=C(C=CC2=[N+](CCCS(=O)(=O)O)c3ccc(S(=O)(=O)N(C)CCCC(=O)O)cc3C2(C)C)C1. The number of allylic oxidation sites excluding steroid dienone is 8. The fraction of sp³-hybridized carbons (Fsp3) is 0.458. The Hall–Kier alpha value is -5.52. The maximum absolute atomic E-state index is 14.3. The monoisotopic (exact) mass is 1080 g/mol. The van der Waals surface area contributed by atoms with Gasteiger partial charge in [-0.2, -0.15) is 29.8 Å². The van der Waals surface area contributed by atoms with Crippen molar-refractivity contribution >= 4 is 75.2 Å². The van der Waals surface area contributed by atoms with Crippen LogP contribution >= 0.6 is 0 Å². The van der Waals surface area contributed by atoms with Gasteiger partial charge in [0.2, 0.25) is 27.5 Å². The number of sulfonamides is 1. The van der Waals surface area contributed by atoms with Crippen LogP contribution in [0.25, 0.3) is 0 Å². The van der Waals surface area contributed by atoms with Crippen molar-refractivity contribution in [1.29, 1.82) is 0 Å². The van der Waals surface area contributed by atoms with Gasteiger partial charge in [-0.1, -0.05) is 38.0 Å². The number of carboxylic acids is 1. The van der Waals surface area contributed by atoms with Crippen LogP contribution in [-0.2, 0) is 65.6 Å². The van der Waals surface area contributed by atoms with E-state index in [1.165, 1.54) is 37.4 Å². The highest BCUT2D eigenvalue weighted by atomic mass is 32.2. The highest BCUT2D eigenvalue weighted by molar-refractivity contribution is 7.89. The number of hydrogen-bond acceptors (Lipinski definition) is 12. The molecule has 2 heterocycles. The van der Waals surface area contributed by atoms with Crippen LogP contribution in [0.5, 0.6) is 0 Å². The second-order valence-corrected chi connectivity index (χ2v) is 25.5. The molecule has 0 spiro atoms. The minimum atomic E-state index is -4.63. The zero-order valence-corrected chi connectivity index (χ0v) is 44.1. The van der Waals surface area contributed by atoms with Gasteiger partial charge in [0, 0.05) is 74.0 Å². The van der Waals surface area contributed by atoms with Gasteiger partial charge >= 0.3 is 5.97 Å². The predicted molar refractivity (Wildman–Crippen MR) is 270 cm³/mol. The molecule has 3 aliphatic rings. The fourth-order valence-corrected chi connectivity index (χ4v) is 12.1. The Morgan fingerprint density at radius 1 is 0.819 bits per heavy atom. The molecule has 5 rings (SSSR count). The van der Waals surface area contributed by atoms with Crippen molar-refractivity contribution in [3.05, 3.63) is 94.7 Å². The molecule has 2 aromatic rings. The van der Waals surface area contributed by atoms with Gasteiger partial charge in [0.25, 0.3) is 30.4 Å². The number of fused-ring (bicyclic) bond motifs is 2. The number of terminal acetylenes is 1. The lowest BCUT2D eigenvalue weighted by molar-refractivity contribution is -0.437. The van der Waals surface area contributed by atoms with Crippen molar-refractivity contribution < 1.29 is 71.4 Å². The Morgan fingerprint density at radius 3 is 2.06 bits per heavy atom. The summed E-state index contributed by atoms with van der Waals surface area (Å²) in [5.74, 6) is -1.14. The number of hydrogen-bond donors (Lipinski definition) is 6. The summed E-state index contributed by atoms with van der Waals surface area (Å²) in [5, 5.41) is 14.6. The van der Waals surface area contributed by atoms with Crippen LogP contribution in [0.1, 0.15) is 84.3 Å². The molecular weight excluding hydrogens is 1010 g/mol. The van der Waals surface area contributed by atoms with E-state index in [4.69, 9.17) is 11.5 Å². The van der Waals surface area contributed by atoms with Gasteiger partial charge in [-0.15, -0.1) is 6.42 Å². The number of carbonyl (C=O) groups excluding carboxylic acids is 2. The zero-order valence-electron chi connectivity index (χ0n) is 40.9. The quantitative estimate of drug-likeness (QED) is 0.0419. The first kappa shape index (κ1) is 57.4. The Kier molecular flexibility index (Phi) is 17.5. The number of nitrogens with one attached hydrogen (secondary N) is 2. The molecule has 0 radical (unpaired) electrons. The van der Waals surface area contributed by atoms with E-state index in [1.54, 1.807) is 66.7 Å². The van der Waals surface area contributed by atoms with Gasteiger partial charge in [0.05, 0.1) is 33.3 Å². The summed E-state index contributed by atoms with van der Waals surface area (Å²) in [7, 11) is -16.1. The maximum Gasteiger partial charge on any atom is 0.303 e. The molecule has 0 saturated heterocycles. The number of rotatable bonds is 22. The average molecular weight is 1080 g/mol. The van der Waals surface area contributed by atoms with Crippen molar-refractivity contribution in [3.8, 4) is 12.3 Å². The molecular formula is C48H62N5O15S4+. The maximum atomic E-state index is 14.3. The molecule has 6 N–H and O–H groups in total. The first-order valence-electron chi connectivity index (χ1n) is 22.9. The van der Waals surface area contributed by atoms with Crippen LogP contribution in [0.3, 0.4) is 0 Å². The Morgan fingerprint density at radius 2 is 1.44 bits per heavy atom. The number of carboxylic acid groups (broad SMARTS) is 1. The molecule has 1 atom stereocenters. The minimum absolute atomic E-state index is 0.0396. The Labute approximate surface area is 421 Å². The summed E-state index contributed by atoms with van der Waals surface area (Å²) >= 11 is 0. The normalized spacial score (nSPS) is 19.9. The summed E-state index contributed by atoms with van der Waals surface area (Å²) in [5.41, 5.74) is 0.363. The molecule has 0 bridgehead atoms. The zero-order chi connectivity index (χ0) is 53.8. The molecule has 72 heavy (non-hydrogen) atoms. The van der Waals surface area contributed by atoms with Gasteiger partial charge in [-0.25, -0.2) is 12.7 Å². The summed E-state index contributed by atoms with van der Waals surface area (Å²) in [6.45, 7) is 8.96. The first-order valence-corrected chi connectivity index (χ1v) is 29.0. The van der Waals surface area contributed by atoms with Crippen LogP contribution in [0.15, 0.2) is 93.4 Å². The van der Waals surface area contributed by atoms with E-state index in [2.05, 4.69) is 16.6 Å². The molecule has 1 aliphatic carbocycles. The third-order valence-electron chi connectivity index (χ3n) is 13.0. The van der Waals surface area contributed by atoms with Gasteiger partial charge in [0.15, 0.2) is 5.71 Å². The number of amides is 2. The van der Waals surface area contributed by atoms with Gasteiger partial charge in [0.1, 0.15) is 12.0 Å². The highest BCUT2D eigenvalue weighted by Crippen LogP contribution is 2.49. The molecule has 0 fully saturated rings. The Bertz CT molecular complexity index is 3180. The lowest BCUT2D eigenvalue weighted by Gasteiger charge is -2.35. The molecule has 24 heteroatoms. The number of benzene rings is 2. The highest BCUT2D eigenvalue weighted by Gasteiger charge is 2.49. The van der Waals surface area contributed by atoms with Gasteiger partial charge in [-0.3, -0.25) is 28.0 Å². The number of carbonyl (C=O) groups is 3. The van der Waals surface area contributed by atoms with Crippen LogP contribution in [0, 0.1) is 17.8 Å². The number of nitrogens with zero attached hydrogens (tertiary/aromatic N) is 3. The second kappa shape index (κ2) is 21.9. The summed E-state index contributed by atoms with van der Waals surface area (Å²) in [6, 6.07) is 8.52. The van der Waals surface area contributed by atoms with Crippen LogP contribution < -0.4 is 15.5 Å². The number of aliphatic carboxylic acids is 1. The van der Waals surface area contributed by atoms with Crippen molar-refractivity contribution in [2.24, 2.45) is 5.41 Å². The minimum Gasteiger partial charge on any atom is -0.481 e. The van der Waals surface area contributed by atoms with Crippen LogP contribution in [0.4, 0.5) is 11.4 Å². The van der Waals surface area contributed by atoms with Crippen LogP contribution in [0.2, 0.25) is 0 Å². The average Bonchev–Trinajstić information content (AvgIpc) is 3.62.